The number of carbonyl (C=O) groups excluding carboxylic acids is 1. The number of halogens is 2. The molecule has 0 fully saturated rings. The minimum absolute atomic E-state index is 0.00517. The number of carbonyl (C=O) groups is 1. The van der Waals surface area contributed by atoms with Gasteiger partial charge in [0.2, 0.25) is 0 Å². The van der Waals surface area contributed by atoms with Crippen LogP contribution in [0.4, 0.5) is 25.0 Å². The van der Waals surface area contributed by atoms with Gasteiger partial charge in [-0.25, -0.2) is 13.6 Å². The van der Waals surface area contributed by atoms with E-state index in [4.69, 9.17) is 9.47 Å². The maximum atomic E-state index is 13.8. The second-order valence-electron chi connectivity index (χ2n) is 6.27. The molecule has 0 unspecified atom stereocenters. The summed E-state index contributed by atoms with van der Waals surface area (Å²) in [4.78, 5) is 11.8. The Morgan fingerprint density at radius 2 is 1.84 bits per heavy atom. The van der Waals surface area contributed by atoms with Gasteiger partial charge in [-0.1, -0.05) is 6.07 Å². The van der Waals surface area contributed by atoms with Crippen molar-refractivity contribution in [3.05, 3.63) is 48.0 Å². The molecule has 2 aromatic carbocycles. The lowest BCUT2D eigenvalue weighted by atomic mass is 10.2. The van der Waals surface area contributed by atoms with Crippen molar-refractivity contribution in [2.24, 2.45) is 0 Å². The van der Waals surface area contributed by atoms with Gasteiger partial charge >= 0.3 is 6.09 Å². The number of rotatable bonds is 4. The summed E-state index contributed by atoms with van der Waals surface area (Å²) < 4.78 is 37.9. The molecule has 0 spiro atoms. The zero-order valence-corrected chi connectivity index (χ0v) is 14.4. The van der Waals surface area contributed by atoms with Crippen molar-refractivity contribution < 1.29 is 23.0 Å². The van der Waals surface area contributed by atoms with Crippen molar-refractivity contribution in [2.75, 3.05) is 17.7 Å². The Kier molecular flexibility index (Phi) is 5.46. The van der Waals surface area contributed by atoms with Crippen molar-refractivity contribution >= 4 is 17.5 Å². The van der Waals surface area contributed by atoms with Gasteiger partial charge in [0, 0.05) is 30.9 Å². The Hall–Kier alpha value is -2.83. The van der Waals surface area contributed by atoms with Crippen molar-refractivity contribution in [1.82, 2.24) is 0 Å². The number of amides is 1. The fourth-order valence-electron chi connectivity index (χ4n) is 2.06. The summed E-state index contributed by atoms with van der Waals surface area (Å²) in [5.41, 5.74) is -0.166. The van der Waals surface area contributed by atoms with Crippen LogP contribution in [-0.2, 0) is 4.74 Å². The average molecular weight is 350 g/mol. The van der Waals surface area contributed by atoms with E-state index >= 15 is 0 Å². The van der Waals surface area contributed by atoms with Crippen LogP contribution in [0.25, 0.3) is 0 Å². The van der Waals surface area contributed by atoms with Crippen LogP contribution in [0.3, 0.4) is 0 Å². The number of hydrogen-bond acceptors (Lipinski definition) is 4. The van der Waals surface area contributed by atoms with Gasteiger partial charge < -0.3 is 14.8 Å². The molecule has 0 bridgehead atoms. The maximum Gasteiger partial charge on any atom is 0.412 e. The summed E-state index contributed by atoms with van der Waals surface area (Å²) in [5.74, 6) is -1.22. The van der Waals surface area contributed by atoms with E-state index in [9.17, 15) is 13.6 Å². The molecule has 0 aliphatic heterocycles. The molecule has 0 aromatic heterocycles. The van der Waals surface area contributed by atoms with Crippen LogP contribution in [-0.4, -0.2) is 18.7 Å². The van der Waals surface area contributed by atoms with E-state index in [1.165, 1.54) is 13.1 Å². The lowest BCUT2D eigenvalue weighted by molar-refractivity contribution is 0.0636. The molecule has 0 saturated heterocycles. The van der Waals surface area contributed by atoms with Gasteiger partial charge in [0.25, 0.3) is 0 Å². The van der Waals surface area contributed by atoms with Crippen LogP contribution >= 0.6 is 0 Å². The molecular weight excluding hydrogens is 330 g/mol. The van der Waals surface area contributed by atoms with E-state index in [1.807, 2.05) is 0 Å². The highest BCUT2D eigenvalue weighted by Crippen LogP contribution is 2.33. The first kappa shape index (κ1) is 18.5. The molecule has 0 radical (unpaired) electrons. The number of benzene rings is 2. The van der Waals surface area contributed by atoms with E-state index < -0.39 is 23.3 Å². The van der Waals surface area contributed by atoms with E-state index in [2.05, 4.69) is 10.6 Å². The lowest BCUT2D eigenvalue weighted by Gasteiger charge is -2.19. The monoisotopic (exact) mass is 350 g/mol. The molecule has 134 valence electrons. The Labute approximate surface area is 144 Å². The number of hydrogen-bond donors (Lipinski definition) is 2. The Balaban J connectivity index is 2.19. The molecule has 0 saturated carbocycles. The van der Waals surface area contributed by atoms with Crippen molar-refractivity contribution in [2.45, 2.75) is 26.4 Å². The van der Waals surface area contributed by atoms with E-state index in [-0.39, 0.29) is 11.4 Å². The summed E-state index contributed by atoms with van der Waals surface area (Å²) in [5, 5.41) is 5.20. The molecule has 0 atom stereocenters. The topological polar surface area (TPSA) is 59.6 Å². The molecule has 2 N–H and O–H groups in total. The number of nitrogens with one attached hydrogen (secondary N) is 2. The van der Waals surface area contributed by atoms with Gasteiger partial charge in [-0.05, 0) is 32.9 Å². The summed E-state index contributed by atoms with van der Waals surface area (Å²) in [7, 11) is 1.50. The lowest BCUT2D eigenvalue weighted by Crippen LogP contribution is -2.27. The van der Waals surface area contributed by atoms with Crippen LogP contribution in [0.15, 0.2) is 36.4 Å². The predicted octanol–water partition coefficient (Wildman–Crippen LogP) is 5.15. The largest absolute Gasteiger partial charge is 0.455 e. The minimum Gasteiger partial charge on any atom is -0.455 e. The standard InChI is InChI=1S/C18H20F2N2O3/c1-18(2,3)25-17(23)22-12-6-5-7-13(10-12)24-15-9-11(19)8-14(20)16(15)21-4/h5-10,21H,1-4H3,(H,22,23). The quantitative estimate of drug-likeness (QED) is 0.801. The molecule has 0 aliphatic rings. The molecule has 2 rings (SSSR count). The first-order valence-electron chi connectivity index (χ1n) is 7.62. The second-order valence-corrected chi connectivity index (χ2v) is 6.27. The van der Waals surface area contributed by atoms with Gasteiger partial charge in [-0.3, -0.25) is 5.32 Å². The molecule has 0 heterocycles. The van der Waals surface area contributed by atoms with Gasteiger partial charge in [-0.2, -0.15) is 0 Å². The molecule has 0 aliphatic carbocycles. The molecular formula is C18H20F2N2O3. The molecule has 5 nitrogen and oxygen atoms in total. The zero-order valence-electron chi connectivity index (χ0n) is 14.4. The van der Waals surface area contributed by atoms with E-state index in [1.54, 1.807) is 39.0 Å². The maximum absolute atomic E-state index is 13.8. The first-order valence-corrected chi connectivity index (χ1v) is 7.62. The van der Waals surface area contributed by atoms with E-state index in [0.717, 1.165) is 12.1 Å². The third kappa shape index (κ3) is 5.34. The Morgan fingerprint density at radius 3 is 2.48 bits per heavy atom. The summed E-state index contributed by atoms with van der Waals surface area (Å²) in [6.45, 7) is 5.26. The average Bonchev–Trinajstić information content (AvgIpc) is 2.45. The van der Waals surface area contributed by atoms with Gasteiger partial charge in [0.1, 0.15) is 22.9 Å². The molecule has 25 heavy (non-hydrogen) atoms. The van der Waals surface area contributed by atoms with E-state index in [0.29, 0.717) is 11.4 Å². The van der Waals surface area contributed by atoms with Crippen LogP contribution in [0, 0.1) is 11.6 Å². The smallest absolute Gasteiger partial charge is 0.412 e. The normalized spacial score (nSPS) is 11.0. The zero-order chi connectivity index (χ0) is 18.6. The summed E-state index contributed by atoms with van der Waals surface area (Å²) in [6, 6.07) is 8.23. The summed E-state index contributed by atoms with van der Waals surface area (Å²) >= 11 is 0. The first-order chi connectivity index (χ1) is 11.7. The van der Waals surface area contributed by atoms with Crippen LogP contribution in [0.2, 0.25) is 0 Å². The molecule has 7 heteroatoms. The van der Waals surface area contributed by atoms with Crippen LogP contribution < -0.4 is 15.4 Å². The van der Waals surface area contributed by atoms with Gasteiger partial charge in [0.15, 0.2) is 11.6 Å². The Morgan fingerprint density at radius 1 is 1.12 bits per heavy atom. The Bertz CT molecular complexity index is 773. The molecule has 2 aromatic rings. The fraction of sp³-hybridized carbons (Fsp3) is 0.278. The highest BCUT2D eigenvalue weighted by molar-refractivity contribution is 5.85. The van der Waals surface area contributed by atoms with Crippen molar-refractivity contribution in [3.63, 3.8) is 0 Å². The van der Waals surface area contributed by atoms with Crippen molar-refractivity contribution in [1.29, 1.82) is 0 Å². The van der Waals surface area contributed by atoms with Crippen molar-refractivity contribution in [3.8, 4) is 11.5 Å². The highest BCUT2D eigenvalue weighted by atomic mass is 19.1. The SMILES string of the molecule is CNc1c(F)cc(F)cc1Oc1cccc(NC(=O)OC(C)(C)C)c1. The third-order valence-corrected chi connectivity index (χ3v) is 2.98. The minimum atomic E-state index is -0.763. The fourth-order valence-corrected chi connectivity index (χ4v) is 2.06. The third-order valence-electron chi connectivity index (χ3n) is 2.98. The predicted molar refractivity (Wildman–Crippen MR) is 92.3 cm³/mol. The summed E-state index contributed by atoms with van der Waals surface area (Å²) in [6.07, 6.45) is -0.614. The second kappa shape index (κ2) is 7.38. The van der Waals surface area contributed by atoms with Crippen LogP contribution in [0.1, 0.15) is 20.8 Å². The van der Waals surface area contributed by atoms with Gasteiger partial charge in [-0.15, -0.1) is 0 Å². The van der Waals surface area contributed by atoms with Crippen LogP contribution in [0.5, 0.6) is 11.5 Å². The number of ether oxygens (including phenoxy) is 2. The highest BCUT2D eigenvalue weighted by Gasteiger charge is 2.17. The molecule has 1 amide bonds. The van der Waals surface area contributed by atoms with Gasteiger partial charge in [0.05, 0.1) is 0 Å². The number of anilines is 2.